The molecule has 0 saturated heterocycles. The summed E-state index contributed by atoms with van der Waals surface area (Å²) in [6.45, 7) is 3.99. The Kier molecular flexibility index (Phi) is 6.18. The summed E-state index contributed by atoms with van der Waals surface area (Å²) in [4.78, 5) is 26.3. The molecule has 5 aromatic rings. The summed E-state index contributed by atoms with van der Waals surface area (Å²) in [5.74, 6) is 1.48. The van der Waals surface area contributed by atoms with E-state index in [1.54, 1.807) is 23.6 Å². The van der Waals surface area contributed by atoms with Crippen molar-refractivity contribution in [2.24, 2.45) is 0 Å². The molecule has 0 aliphatic heterocycles. The first-order chi connectivity index (χ1) is 16.2. The molecule has 0 radical (unpaired) electrons. The highest BCUT2D eigenvalue weighted by atomic mass is 32.1. The average molecular weight is 463 g/mol. The summed E-state index contributed by atoms with van der Waals surface area (Å²) < 4.78 is 13.8. The quantitative estimate of drug-likeness (QED) is 0.284. The van der Waals surface area contributed by atoms with Crippen molar-refractivity contribution in [2.45, 2.75) is 25.8 Å². The molecule has 0 bridgehead atoms. The first kappa shape index (κ1) is 21.4. The number of aromatic amines is 1. The van der Waals surface area contributed by atoms with Crippen LogP contribution in [-0.4, -0.2) is 43.0 Å². The Morgan fingerprint density at radius 3 is 2.88 bits per heavy atom. The van der Waals surface area contributed by atoms with Crippen molar-refractivity contribution in [3.8, 4) is 0 Å². The molecule has 4 heterocycles. The molecule has 8 nitrogen and oxygen atoms in total. The summed E-state index contributed by atoms with van der Waals surface area (Å²) in [6, 6.07) is 11.0. The van der Waals surface area contributed by atoms with Crippen LogP contribution in [0.4, 0.5) is 10.2 Å². The van der Waals surface area contributed by atoms with Crippen LogP contribution in [0.2, 0.25) is 0 Å². The van der Waals surface area contributed by atoms with E-state index in [1.807, 2.05) is 24.3 Å². The zero-order valence-corrected chi connectivity index (χ0v) is 18.9. The van der Waals surface area contributed by atoms with E-state index in [2.05, 4.69) is 42.5 Å². The van der Waals surface area contributed by atoms with Crippen LogP contribution in [0.3, 0.4) is 0 Å². The van der Waals surface area contributed by atoms with Gasteiger partial charge in [-0.05, 0) is 24.3 Å². The van der Waals surface area contributed by atoms with E-state index in [4.69, 9.17) is 4.98 Å². The zero-order valence-electron chi connectivity index (χ0n) is 18.0. The Balaban J connectivity index is 1.17. The zero-order chi connectivity index (χ0) is 22.6. The number of pyridine rings is 1. The van der Waals surface area contributed by atoms with Crippen LogP contribution in [0.1, 0.15) is 29.4 Å². The molecular weight excluding hydrogens is 439 g/mol. The van der Waals surface area contributed by atoms with E-state index in [1.165, 1.54) is 12.4 Å². The minimum atomic E-state index is -0.350. The van der Waals surface area contributed by atoms with Crippen molar-refractivity contribution in [1.29, 1.82) is 0 Å². The fraction of sp³-hybridized carbons (Fsp3) is 0.261. The third kappa shape index (κ3) is 4.81. The summed E-state index contributed by atoms with van der Waals surface area (Å²) >= 11 is 1.54. The number of benzene rings is 1. The molecule has 0 aliphatic carbocycles. The molecule has 0 amide bonds. The normalized spacial score (nSPS) is 12.4. The highest BCUT2D eigenvalue weighted by Crippen LogP contribution is 2.25. The van der Waals surface area contributed by atoms with E-state index in [-0.39, 0.29) is 18.3 Å². The molecule has 0 fully saturated rings. The molecule has 1 atom stereocenters. The van der Waals surface area contributed by atoms with Crippen LogP contribution in [0.15, 0.2) is 48.9 Å². The predicted molar refractivity (Wildman–Crippen MR) is 128 cm³/mol. The van der Waals surface area contributed by atoms with Crippen molar-refractivity contribution < 1.29 is 4.39 Å². The molecule has 10 heteroatoms. The molecule has 3 N–H and O–H groups in total. The van der Waals surface area contributed by atoms with Crippen molar-refractivity contribution in [3.05, 3.63) is 71.3 Å². The summed E-state index contributed by atoms with van der Waals surface area (Å²) in [6.07, 6.45) is 3.84. The van der Waals surface area contributed by atoms with E-state index in [9.17, 15) is 4.39 Å². The van der Waals surface area contributed by atoms with Gasteiger partial charge in [0.05, 0.1) is 28.3 Å². The van der Waals surface area contributed by atoms with Crippen LogP contribution in [0.25, 0.3) is 21.4 Å². The van der Waals surface area contributed by atoms with E-state index < -0.39 is 0 Å². The van der Waals surface area contributed by atoms with Gasteiger partial charge in [-0.2, -0.15) is 0 Å². The molecule has 5 rings (SSSR count). The van der Waals surface area contributed by atoms with Gasteiger partial charge >= 0.3 is 0 Å². The Morgan fingerprint density at radius 2 is 2.00 bits per heavy atom. The van der Waals surface area contributed by atoms with Crippen molar-refractivity contribution in [3.63, 3.8) is 0 Å². The SMILES string of the molecule is C[C@H](CNCCc1nc2c(NCc3ncccc3F)ncnc2s1)c1nc2ccccc2[nH]1. The molecular formula is C23H23FN8S. The number of hydrogen-bond acceptors (Lipinski definition) is 8. The number of nitrogens with zero attached hydrogens (tertiary/aromatic N) is 5. The van der Waals surface area contributed by atoms with Gasteiger partial charge in [-0.15, -0.1) is 0 Å². The number of para-hydroxylation sites is 2. The molecule has 0 spiro atoms. The Labute approximate surface area is 193 Å². The molecule has 1 aromatic carbocycles. The van der Waals surface area contributed by atoms with Gasteiger partial charge in [-0.25, -0.2) is 24.3 Å². The van der Waals surface area contributed by atoms with Crippen molar-refractivity contribution in [1.82, 2.24) is 35.2 Å². The maximum Gasteiger partial charge on any atom is 0.157 e. The van der Waals surface area contributed by atoms with Crippen LogP contribution in [0, 0.1) is 5.82 Å². The second-order valence-electron chi connectivity index (χ2n) is 7.76. The van der Waals surface area contributed by atoms with Crippen LogP contribution >= 0.6 is 11.3 Å². The number of imidazole rings is 1. The summed E-state index contributed by atoms with van der Waals surface area (Å²) in [7, 11) is 0. The Hall–Kier alpha value is -3.50. The molecule has 0 saturated carbocycles. The maximum atomic E-state index is 13.8. The maximum absolute atomic E-state index is 13.8. The first-order valence-corrected chi connectivity index (χ1v) is 11.6. The minimum absolute atomic E-state index is 0.229. The van der Waals surface area contributed by atoms with Gasteiger partial charge < -0.3 is 15.6 Å². The highest BCUT2D eigenvalue weighted by Gasteiger charge is 2.13. The Bertz CT molecular complexity index is 1350. The van der Waals surface area contributed by atoms with Crippen LogP contribution in [-0.2, 0) is 13.0 Å². The van der Waals surface area contributed by atoms with Gasteiger partial charge in [0, 0.05) is 31.6 Å². The fourth-order valence-corrected chi connectivity index (χ4v) is 4.47. The van der Waals surface area contributed by atoms with Gasteiger partial charge in [0.1, 0.15) is 28.3 Å². The number of rotatable bonds is 9. The summed E-state index contributed by atoms with van der Waals surface area (Å²) in [5, 5.41) is 7.60. The third-order valence-corrected chi connectivity index (χ3v) is 6.36. The second-order valence-corrected chi connectivity index (χ2v) is 8.83. The van der Waals surface area contributed by atoms with Crippen molar-refractivity contribution >= 4 is 38.5 Å². The number of fused-ring (bicyclic) bond motifs is 2. The minimum Gasteiger partial charge on any atom is -0.362 e. The lowest BCUT2D eigenvalue weighted by atomic mass is 10.1. The third-order valence-electron chi connectivity index (χ3n) is 5.34. The van der Waals surface area contributed by atoms with Gasteiger partial charge in [0.25, 0.3) is 0 Å². The standard InChI is InChI=1S/C23H23FN8S/c1-14(21-30-16-6-2-3-7-17(16)31-21)11-25-10-8-19-32-20-22(28-13-29-23(20)33-19)27-12-18-15(24)5-4-9-26-18/h2-7,9,13-14,25H,8,10-12H2,1H3,(H,30,31)(H,27,28,29)/t14-/m1/s1. The van der Waals surface area contributed by atoms with Gasteiger partial charge in [-0.1, -0.05) is 30.4 Å². The number of anilines is 1. The lowest BCUT2D eigenvalue weighted by Gasteiger charge is -2.09. The van der Waals surface area contributed by atoms with Gasteiger partial charge in [0.2, 0.25) is 0 Å². The van der Waals surface area contributed by atoms with Crippen LogP contribution < -0.4 is 10.6 Å². The average Bonchev–Trinajstić information content (AvgIpc) is 3.45. The topological polar surface area (TPSA) is 104 Å². The summed E-state index contributed by atoms with van der Waals surface area (Å²) in [5.41, 5.74) is 3.09. The smallest absolute Gasteiger partial charge is 0.157 e. The van der Waals surface area contributed by atoms with Crippen LogP contribution in [0.5, 0.6) is 0 Å². The molecule has 168 valence electrons. The lowest BCUT2D eigenvalue weighted by molar-refractivity contribution is 0.597. The monoisotopic (exact) mass is 462 g/mol. The number of nitrogens with one attached hydrogen (secondary N) is 3. The molecule has 4 aromatic heterocycles. The number of H-pyrrole nitrogens is 1. The Morgan fingerprint density at radius 1 is 1.09 bits per heavy atom. The van der Waals surface area contributed by atoms with E-state index in [0.29, 0.717) is 17.0 Å². The van der Waals surface area contributed by atoms with E-state index >= 15 is 0 Å². The van der Waals surface area contributed by atoms with Crippen molar-refractivity contribution in [2.75, 3.05) is 18.4 Å². The fourth-order valence-electron chi connectivity index (χ4n) is 3.57. The number of halogens is 1. The largest absolute Gasteiger partial charge is 0.362 e. The highest BCUT2D eigenvalue weighted by molar-refractivity contribution is 7.18. The van der Waals surface area contributed by atoms with Gasteiger partial charge in [-0.3, -0.25) is 4.98 Å². The number of aromatic nitrogens is 6. The lowest BCUT2D eigenvalue weighted by Crippen LogP contribution is -2.23. The number of thiazole rings is 1. The molecule has 33 heavy (non-hydrogen) atoms. The van der Waals surface area contributed by atoms with E-state index in [0.717, 1.165) is 46.2 Å². The second kappa shape index (κ2) is 9.55. The predicted octanol–water partition coefficient (Wildman–Crippen LogP) is 4.04. The first-order valence-electron chi connectivity index (χ1n) is 10.8. The number of hydrogen-bond donors (Lipinski definition) is 3. The van der Waals surface area contributed by atoms with Gasteiger partial charge in [0.15, 0.2) is 5.82 Å². The molecule has 0 unspecified atom stereocenters. The molecule has 0 aliphatic rings.